The second-order valence-electron chi connectivity index (χ2n) is 7.53. The third-order valence-electron chi connectivity index (χ3n) is 5.25. The summed E-state index contributed by atoms with van der Waals surface area (Å²) < 4.78 is 5.51. The van der Waals surface area contributed by atoms with E-state index in [1.54, 1.807) is 0 Å². The summed E-state index contributed by atoms with van der Waals surface area (Å²) in [4.78, 5) is 15.2. The lowest BCUT2D eigenvalue weighted by Crippen LogP contribution is -2.36. The van der Waals surface area contributed by atoms with E-state index in [1.165, 1.54) is 5.39 Å². The number of nitrogens with zero attached hydrogens (tertiary/aromatic N) is 3. The van der Waals surface area contributed by atoms with Gasteiger partial charge in [-0.15, -0.1) is 0 Å². The van der Waals surface area contributed by atoms with Crippen LogP contribution in [-0.2, 0) is 4.74 Å². The van der Waals surface area contributed by atoms with E-state index in [0.717, 1.165) is 73.4 Å². The maximum atomic E-state index is 5.51. The molecule has 0 amide bonds. The van der Waals surface area contributed by atoms with Crippen LogP contribution in [0.4, 0.5) is 11.6 Å². The van der Waals surface area contributed by atoms with Gasteiger partial charge in [-0.2, -0.15) is 0 Å². The highest BCUT2D eigenvalue weighted by molar-refractivity contribution is 5.84. The highest BCUT2D eigenvalue weighted by atomic mass is 16.5. The Labute approximate surface area is 183 Å². The highest BCUT2D eigenvalue weighted by Gasteiger charge is 2.16. The summed E-state index contributed by atoms with van der Waals surface area (Å²) >= 11 is 0. The Morgan fingerprint density at radius 2 is 2.06 bits per heavy atom. The zero-order valence-corrected chi connectivity index (χ0v) is 18.0. The fourth-order valence-corrected chi connectivity index (χ4v) is 3.53. The lowest BCUT2D eigenvalue weighted by Gasteiger charge is -2.28. The highest BCUT2D eigenvalue weighted by Crippen LogP contribution is 2.26. The third-order valence-corrected chi connectivity index (χ3v) is 5.25. The molecular weight excluding hydrogens is 386 g/mol. The fourth-order valence-electron chi connectivity index (χ4n) is 3.53. The topological polar surface area (TPSA) is 66.1 Å². The molecule has 0 atom stereocenters. The van der Waals surface area contributed by atoms with E-state index in [2.05, 4.69) is 46.0 Å². The number of allylic oxidation sites excluding steroid dienone is 4. The van der Waals surface area contributed by atoms with Gasteiger partial charge in [-0.05, 0) is 30.9 Å². The number of anilines is 2. The first-order chi connectivity index (χ1) is 15.2. The number of benzene rings is 1. The Bertz CT molecular complexity index is 1090. The maximum Gasteiger partial charge on any atom is 0.163 e. The van der Waals surface area contributed by atoms with Gasteiger partial charge in [-0.1, -0.05) is 48.6 Å². The summed E-state index contributed by atoms with van der Waals surface area (Å²) in [6, 6.07) is 10.4. The predicted molar refractivity (Wildman–Crippen MR) is 129 cm³/mol. The minimum Gasteiger partial charge on any atom is -0.378 e. The second kappa shape index (κ2) is 10.1. The number of hydrogen-bond acceptors (Lipinski definition) is 5. The van der Waals surface area contributed by atoms with Gasteiger partial charge >= 0.3 is 0 Å². The molecule has 1 aliphatic heterocycles. The monoisotopic (exact) mass is 415 g/mol. The molecule has 1 fully saturated rings. The predicted octanol–water partition coefficient (Wildman–Crippen LogP) is 4.95. The molecule has 6 nitrogen and oxygen atoms in total. The summed E-state index contributed by atoms with van der Waals surface area (Å²) in [6.45, 7) is 9.97. The average molecular weight is 416 g/mol. The number of aromatic nitrogens is 3. The number of nitrogens with one attached hydrogen (secondary N) is 2. The molecule has 1 saturated heterocycles. The van der Waals surface area contributed by atoms with E-state index in [9.17, 15) is 0 Å². The van der Waals surface area contributed by atoms with Crippen LogP contribution in [0.3, 0.4) is 0 Å². The summed E-state index contributed by atoms with van der Waals surface area (Å²) in [6.07, 6.45) is 10.8. The maximum absolute atomic E-state index is 5.51. The van der Waals surface area contributed by atoms with Crippen LogP contribution in [0.15, 0.2) is 73.0 Å². The van der Waals surface area contributed by atoms with Gasteiger partial charge in [-0.3, -0.25) is 0 Å². The number of morpholine rings is 1. The molecule has 0 bridgehead atoms. The van der Waals surface area contributed by atoms with Gasteiger partial charge in [0.2, 0.25) is 0 Å². The molecule has 2 aromatic heterocycles. The first-order valence-corrected chi connectivity index (χ1v) is 10.7. The van der Waals surface area contributed by atoms with E-state index in [4.69, 9.17) is 14.7 Å². The van der Waals surface area contributed by atoms with Crippen molar-refractivity contribution < 1.29 is 4.74 Å². The van der Waals surface area contributed by atoms with Crippen LogP contribution in [0.25, 0.3) is 22.3 Å². The van der Waals surface area contributed by atoms with Crippen molar-refractivity contribution in [2.75, 3.05) is 43.1 Å². The van der Waals surface area contributed by atoms with Gasteiger partial charge in [0, 0.05) is 43.0 Å². The van der Waals surface area contributed by atoms with Crippen LogP contribution in [-0.4, -0.2) is 47.8 Å². The van der Waals surface area contributed by atoms with Crippen LogP contribution in [0.5, 0.6) is 0 Å². The molecule has 0 spiro atoms. The molecule has 6 heteroatoms. The van der Waals surface area contributed by atoms with Crippen LogP contribution in [0, 0.1) is 0 Å². The molecule has 0 unspecified atom stereocenters. The number of fused-ring (bicyclic) bond motifs is 1. The molecular formula is C25H29N5O. The smallest absolute Gasteiger partial charge is 0.163 e. The zero-order chi connectivity index (χ0) is 21.5. The number of H-pyrrole nitrogens is 1. The van der Waals surface area contributed by atoms with Crippen molar-refractivity contribution in [2.24, 2.45) is 0 Å². The summed E-state index contributed by atoms with van der Waals surface area (Å²) in [5.74, 6) is 2.47. The molecule has 2 N–H and O–H groups in total. The number of hydrogen-bond donors (Lipinski definition) is 2. The van der Waals surface area contributed by atoms with Crippen LogP contribution in [0.2, 0.25) is 0 Å². The van der Waals surface area contributed by atoms with Crippen molar-refractivity contribution in [2.45, 2.75) is 13.3 Å². The normalized spacial score (nSPS) is 14.7. The molecule has 3 aromatic rings. The van der Waals surface area contributed by atoms with E-state index in [1.807, 2.05) is 43.5 Å². The van der Waals surface area contributed by atoms with Crippen molar-refractivity contribution in [3.8, 4) is 11.4 Å². The fraction of sp³-hybridized carbons (Fsp3) is 0.280. The van der Waals surface area contributed by atoms with Crippen molar-refractivity contribution in [1.82, 2.24) is 15.0 Å². The molecule has 1 aliphatic rings. The lowest BCUT2D eigenvalue weighted by molar-refractivity contribution is 0.122. The SMILES string of the molecule is C=C(/C=C\C=C/C)CCNc1cc(N2CCOCC2)nc(-c2ccc3cc[nH]c3c2)n1. The number of ether oxygens (including phenoxy) is 1. The van der Waals surface area contributed by atoms with E-state index in [-0.39, 0.29) is 0 Å². The van der Waals surface area contributed by atoms with Gasteiger partial charge in [-0.25, -0.2) is 9.97 Å². The Morgan fingerprint density at radius 1 is 1.19 bits per heavy atom. The van der Waals surface area contributed by atoms with E-state index < -0.39 is 0 Å². The Hall–Kier alpha value is -3.38. The molecule has 4 rings (SSSR count). The summed E-state index contributed by atoms with van der Waals surface area (Å²) in [5, 5.41) is 4.63. The Morgan fingerprint density at radius 3 is 2.90 bits per heavy atom. The van der Waals surface area contributed by atoms with Crippen molar-refractivity contribution in [3.63, 3.8) is 0 Å². The summed E-state index contributed by atoms with van der Waals surface area (Å²) in [5.41, 5.74) is 3.15. The Balaban J connectivity index is 1.56. The molecule has 3 heterocycles. The van der Waals surface area contributed by atoms with E-state index >= 15 is 0 Å². The van der Waals surface area contributed by atoms with E-state index in [0.29, 0.717) is 0 Å². The van der Waals surface area contributed by atoms with Gasteiger partial charge < -0.3 is 19.9 Å². The van der Waals surface area contributed by atoms with Gasteiger partial charge in [0.25, 0.3) is 0 Å². The molecule has 0 aliphatic carbocycles. The number of aromatic amines is 1. The average Bonchev–Trinajstić information content (AvgIpc) is 3.28. The largest absolute Gasteiger partial charge is 0.378 e. The number of rotatable bonds is 8. The van der Waals surface area contributed by atoms with Crippen LogP contribution in [0.1, 0.15) is 13.3 Å². The minimum atomic E-state index is 0.717. The van der Waals surface area contributed by atoms with Crippen molar-refractivity contribution in [3.05, 3.63) is 73.0 Å². The molecule has 160 valence electrons. The minimum absolute atomic E-state index is 0.717. The van der Waals surface area contributed by atoms with Crippen LogP contribution < -0.4 is 10.2 Å². The second-order valence-corrected chi connectivity index (χ2v) is 7.53. The molecule has 0 radical (unpaired) electrons. The molecule has 1 aromatic carbocycles. The summed E-state index contributed by atoms with van der Waals surface area (Å²) in [7, 11) is 0. The third kappa shape index (κ3) is 5.41. The van der Waals surface area contributed by atoms with Crippen LogP contribution >= 0.6 is 0 Å². The van der Waals surface area contributed by atoms with Crippen molar-refractivity contribution >= 4 is 22.5 Å². The first kappa shape index (κ1) is 20.9. The van der Waals surface area contributed by atoms with Gasteiger partial charge in [0.15, 0.2) is 5.82 Å². The lowest BCUT2D eigenvalue weighted by atomic mass is 10.1. The quantitative estimate of drug-likeness (QED) is 0.510. The molecule has 31 heavy (non-hydrogen) atoms. The first-order valence-electron chi connectivity index (χ1n) is 10.7. The Kier molecular flexibility index (Phi) is 6.79. The van der Waals surface area contributed by atoms with Gasteiger partial charge in [0.05, 0.1) is 13.2 Å². The van der Waals surface area contributed by atoms with Gasteiger partial charge in [0.1, 0.15) is 11.6 Å². The zero-order valence-electron chi connectivity index (χ0n) is 18.0. The van der Waals surface area contributed by atoms with Crippen molar-refractivity contribution in [1.29, 1.82) is 0 Å². The standard InChI is InChI=1S/C25H29N5O/c1-3-4-5-6-19(2)9-11-27-23-18-24(30-13-15-31-16-14-30)29-25(28-23)21-8-7-20-10-12-26-22(20)17-21/h3-8,10,12,17-18,26H,2,9,11,13-16H2,1H3,(H,27,28,29)/b4-3-,6-5-. The molecule has 0 saturated carbocycles.